The first-order valence-electron chi connectivity index (χ1n) is 7.30. The number of fused-ring (bicyclic) bond motifs is 1. The zero-order valence-electron chi connectivity index (χ0n) is 12.8. The van der Waals surface area contributed by atoms with Gasteiger partial charge in [0.05, 0.1) is 11.4 Å². The van der Waals surface area contributed by atoms with Gasteiger partial charge in [0, 0.05) is 4.88 Å². The average molecular weight is 375 g/mol. The first kappa shape index (κ1) is 15.7. The summed E-state index contributed by atoms with van der Waals surface area (Å²) in [4.78, 5) is 16.1. The molecule has 3 heterocycles. The third kappa shape index (κ3) is 2.83. The molecule has 1 aromatic carbocycles. The molecule has 1 amide bonds. The van der Waals surface area contributed by atoms with Crippen molar-refractivity contribution in [3.05, 3.63) is 50.6 Å². The van der Waals surface area contributed by atoms with E-state index in [-0.39, 0.29) is 12.7 Å². The lowest BCUT2D eigenvalue weighted by Gasteiger charge is -2.14. The van der Waals surface area contributed by atoms with Gasteiger partial charge >= 0.3 is 0 Å². The Morgan fingerprint density at radius 1 is 1.29 bits per heavy atom. The van der Waals surface area contributed by atoms with E-state index in [9.17, 15) is 4.79 Å². The highest BCUT2D eigenvalue weighted by atomic mass is 32.2. The van der Waals surface area contributed by atoms with Gasteiger partial charge < -0.3 is 9.47 Å². The first-order valence-corrected chi connectivity index (χ1v) is 9.40. The molecule has 0 radical (unpaired) electrons. The van der Waals surface area contributed by atoms with Gasteiger partial charge in [-0.2, -0.15) is 0 Å². The number of rotatable bonds is 3. The molecular weight excluding hydrogens is 362 g/mol. The molecule has 122 valence electrons. The summed E-state index contributed by atoms with van der Waals surface area (Å²) in [5, 5.41) is 2.02. The van der Waals surface area contributed by atoms with E-state index in [2.05, 4.69) is 0 Å². The molecule has 2 aliphatic heterocycles. The van der Waals surface area contributed by atoms with E-state index >= 15 is 0 Å². The van der Waals surface area contributed by atoms with Crippen LogP contribution >= 0.6 is 35.3 Å². The number of hydrogen-bond acceptors (Lipinski definition) is 6. The van der Waals surface area contributed by atoms with Crippen LogP contribution in [0.25, 0.3) is 6.08 Å². The van der Waals surface area contributed by atoms with Crippen molar-refractivity contribution in [1.29, 1.82) is 0 Å². The fourth-order valence-corrected chi connectivity index (χ4v) is 4.68. The van der Waals surface area contributed by atoms with Gasteiger partial charge in [0.25, 0.3) is 5.91 Å². The number of aryl methyl sites for hydroxylation is 1. The Bertz CT molecular complexity index is 872. The Balaban J connectivity index is 1.56. The van der Waals surface area contributed by atoms with Crippen molar-refractivity contribution in [2.24, 2.45) is 0 Å². The van der Waals surface area contributed by atoms with E-state index in [1.165, 1.54) is 17.3 Å². The van der Waals surface area contributed by atoms with E-state index < -0.39 is 0 Å². The minimum Gasteiger partial charge on any atom is -0.454 e. The smallest absolute Gasteiger partial charge is 0.266 e. The van der Waals surface area contributed by atoms with Crippen molar-refractivity contribution in [3.63, 3.8) is 0 Å². The number of carbonyl (C=O) groups excluding carboxylic acids is 1. The van der Waals surface area contributed by atoms with Crippen LogP contribution in [-0.4, -0.2) is 21.9 Å². The van der Waals surface area contributed by atoms with E-state index in [4.69, 9.17) is 21.7 Å². The standard InChI is InChI=1S/C17H13NO3S3/c1-10-4-5-23-14(10)7-15-16(19)18(17(22)24-15)8-11-2-3-12-13(6-11)21-9-20-12/h2-7H,8-9H2,1H3/b15-7+. The summed E-state index contributed by atoms with van der Waals surface area (Å²) in [6.07, 6.45) is 1.93. The van der Waals surface area contributed by atoms with Gasteiger partial charge in [0.15, 0.2) is 11.5 Å². The maximum Gasteiger partial charge on any atom is 0.266 e. The fourth-order valence-electron chi connectivity index (χ4n) is 2.51. The second kappa shape index (κ2) is 6.23. The van der Waals surface area contributed by atoms with Crippen LogP contribution in [-0.2, 0) is 11.3 Å². The van der Waals surface area contributed by atoms with Gasteiger partial charge in [0.1, 0.15) is 4.32 Å². The van der Waals surface area contributed by atoms with Crippen LogP contribution in [0.15, 0.2) is 34.6 Å². The zero-order chi connectivity index (χ0) is 16.7. The topological polar surface area (TPSA) is 38.8 Å². The van der Waals surface area contributed by atoms with Crippen LogP contribution < -0.4 is 9.47 Å². The number of thiocarbonyl (C=S) groups is 1. The predicted octanol–water partition coefficient (Wildman–Crippen LogP) is 4.19. The SMILES string of the molecule is Cc1ccsc1/C=C1/SC(=S)N(Cc2ccc3c(c2)OCO3)C1=O. The van der Waals surface area contributed by atoms with Gasteiger partial charge in [-0.05, 0) is 47.7 Å². The second-order valence-electron chi connectivity index (χ2n) is 5.42. The fraction of sp³-hybridized carbons (Fsp3) is 0.176. The molecule has 2 aromatic rings. The van der Waals surface area contributed by atoms with Crippen LogP contribution in [0.3, 0.4) is 0 Å². The van der Waals surface area contributed by atoms with Gasteiger partial charge in [0.2, 0.25) is 6.79 Å². The molecule has 0 aliphatic carbocycles. The van der Waals surface area contributed by atoms with E-state index in [0.717, 1.165) is 16.2 Å². The van der Waals surface area contributed by atoms with Crippen LogP contribution in [0, 0.1) is 6.92 Å². The minimum absolute atomic E-state index is 0.0459. The van der Waals surface area contributed by atoms with Crippen molar-refractivity contribution in [2.75, 3.05) is 6.79 Å². The van der Waals surface area contributed by atoms with Crippen molar-refractivity contribution >= 4 is 51.6 Å². The summed E-state index contributed by atoms with van der Waals surface area (Å²) < 4.78 is 11.3. The summed E-state index contributed by atoms with van der Waals surface area (Å²) in [5.41, 5.74) is 2.13. The highest BCUT2D eigenvalue weighted by Gasteiger charge is 2.32. The number of thiophene rings is 1. The highest BCUT2D eigenvalue weighted by molar-refractivity contribution is 8.26. The number of carbonyl (C=O) groups is 1. The molecule has 0 bridgehead atoms. The van der Waals surface area contributed by atoms with E-state index in [0.29, 0.717) is 21.5 Å². The summed E-state index contributed by atoms with van der Waals surface area (Å²) in [5.74, 6) is 1.40. The maximum atomic E-state index is 12.7. The molecule has 0 saturated carbocycles. The van der Waals surface area contributed by atoms with Gasteiger partial charge in [-0.15, -0.1) is 11.3 Å². The normalized spacial score (nSPS) is 18.0. The Labute approximate surface area is 153 Å². The van der Waals surface area contributed by atoms with Crippen LogP contribution in [0.4, 0.5) is 0 Å². The van der Waals surface area contributed by atoms with E-state index in [1.54, 1.807) is 16.2 Å². The van der Waals surface area contributed by atoms with Crippen molar-refractivity contribution in [2.45, 2.75) is 13.5 Å². The molecule has 4 nitrogen and oxygen atoms in total. The Kier molecular flexibility index (Phi) is 4.07. The molecule has 1 fully saturated rings. The first-order chi connectivity index (χ1) is 11.6. The summed E-state index contributed by atoms with van der Waals surface area (Å²) in [6.45, 7) is 2.71. The third-order valence-corrected chi connectivity index (χ3v) is 6.16. The van der Waals surface area contributed by atoms with Gasteiger partial charge in [-0.3, -0.25) is 9.69 Å². The molecule has 0 spiro atoms. The lowest BCUT2D eigenvalue weighted by atomic mass is 10.2. The largest absolute Gasteiger partial charge is 0.454 e. The molecule has 4 rings (SSSR count). The maximum absolute atomic E-state index is 12.7. The minimum atomic E-state index is -0.0459. The summed E-state index contributed by atoms with van der Waals surface area (Å²) >= 11 is 8.37. The Hall–Kier alpha value is -1.83. The van der Waals surface area contributed by atoms with Crippen molar-refractivity contribution in [1.82, 2.24) is 4.90 Å². The zero-order valence-corrected chi connectivity index (χ0v) is 15.2. The van der Waals surface area contributed by atoms with Crippen LogP contribution in [0.5, 0.6) is 11.5 Å². The Morgan fingerprint density at radius 3 is 2.92 bits per heavy atom. The number of ether oxygens (including phenoxy) is 2. The average Bonchev–Trinajstić information content (AvgIpc) is 3.25. The van der Waals surface area contributed by atoms with Crippen molar-refractivity contribution < 1.29 is 14.3 Å². The second-order valence-corrected chi connectivity index (χ2v) is 8.05. The van der Waals surface area contributed by atoms with Crippen molar-refractivity contribution in [3.8, 4) is 11.5 Å². The molecule has 0 unspecified atom stereocenters. The molecule has 1 aromatic heterocycles. The predicted molar refractivity (Wildman–Crippen MR) is 100 cm³/mol. The number of amides is 1. The summed E-state index contributed by atoms with van der Waals surface area (Å²) in [6, 6.07) is 7.73. The number of hydrogen-bond donors (Lipinski definition) is 0. The lowest BCUT2D eigenvalue weighted by Crippen LogP contribution is -2.27. The number of thioether (sulfide) groups is 1. The van der Waals surface area contributed by atoms with Crippen LogP contribution in [0.2, 0.25) is 0 Å². The molecule has 0 N–H and O–H groups in total. The van der Waals surface area contributed by atoms with E-state index in [1.807, 2.05) is 42.6 Å². The molecular formula is C17H13NO3S3. The lowest BCUT2D eigenvalue weighted by molar-refractivity contribution is -0.122. The Morgan fingerprint density at radius 2 is 2.12 bits per heavy atom. The number of benzene rings is 1. The third-order valence-electron chi connectivity index (χ3n) is 3.82. The van der Waals surface area contributed by atoms with Crippen LogP contribution in [0.1, 0.15) is 16.0 Å². The molecule has 24 heavy (non-hydrogen) atoms. The monoisotopic (exact) mass is 375 g/mol. The van der Waals surface area contributed by atoms with Gasteiger partial charge in [-0.1, -0.05) is 30.0 Å². The van der Waals surface area contributed by atoms with Gasteiger partial charge in [-0.25, -0.2) is 0 Å². The quantitative estimate of drug-likeness (QED) is 0.594. The molecule has 0 atom stereocenters. The molecule has 1 saturated heterocycles. The number of nitrogens with zero attached hydrogens (tertiary/aromatic N) is 1. The molecule has 7 heteroatoms. The highest BCUT2D eigenvalue weighted by Crippen LogP contribution is 2.37. The molecule has 2 aliphatic rings. The summed E-state index contributed by atoms with van der Waals surface area (Å²) in [7, 11) is 0.